The number of hydrogen-bond acceptors (Lipinski definition) is 4. The molecule has 6 nitrogen and oxygen atoms in total. The summed E-state index contributed by atoms with van der Waals surface area (Å²) >= 11 is 0. The molecule has 3 aromatic heterocycles. The number of rotatable bonds is 4. The number of nitrogens with one attached hydrogen (secondary N) is 1. The maximum absolute atomic E-state index is 4.23. The zero-order valence-corrected chi connectivity index (χ0v) is 11.0. The van der Waals surface area contributed by atoms with Crippen molar-refractivity contribution in [2.45, 2.75) is 26.4 Å². The molecule has 0 aliphatic heterocycles. The van der Waals surface area contributed by atoms with Crippen LogP contribution in [0.15, 0.2) is 37.2 Å². The van der Waals surface area contributed by atoms with Gasteiger partial charge in [0.1, 0.15) is 12.1 Å². The van der Waals surface area contributed by atoms with Gasteiger partial charge >= 0.3 is 0 Å². The van der Waals surface area contributed by atoms with Gasteiger partial charge in [-0.25, -0.2) is 9.97 Å². The van der Waals surface area contributed by atoms with Crippen molar-refractivity contribution >= 4 is 11.5 Å². The molecule has 0 amide bonds. The minimum atomic E-state index is 0.267. The van der Waals surface area contributed by atoms with E-state index in [9.17, 15) is 0 Å². The van der Waals surface area contributed by atoms with Crippen LogP contribution in [0.5, 0.6) is 0 Å². The summed E-state index contributed by atoms with van der Waals surface area (Å²) in [6, 6.07) is 4.36. The monoisotopic (exact) mass is 256 g/mol. The van der Waals surface area contributed by atoms with E-state index in [0.29, 0.717) is 0 Å². The third kappa shape index (κ3) is 2.42. The first kappa shape index (κ1) is 11.7. The number of hydrogen-bond donors (Lipinski definition) is 1. The van der Waals surface area contributed by atoms with Gasteiger partial charge in [0.15, 0.2) is 5.65 Å². The summed E-state index contributed by atoms with van der Waals surface area (Å²) in [6.07, 6.45) is 7.13. The molecule has 3 heterocycles. The summed E-state index contributed by atoms with van der Waals surface area (Å²) in [5.74, 6) is 0.958. The average Bonchev–Trinajstić information content (AvgIpc) is 2.99. The van der Waals surface area contributed by atoms with Crippen LogP contribution in [0.1, 0.15) is 12.5 Å². The highest BCUT2D eigenvalue weighted by atomic mass is 15.3. The number of aromatic nitrogens is 5. The van der Waals surface area contributed by atoms with Gasteiger partial charge in [-0.2, -0.15) is 9.61 Å². The van der Waals surface area contributed by atoms with Crippen molar-refractivity contribution in [3.63, 3.8) is 0 Å². The van der Waals surface area contributed by atoms with E-state index < -0.39 is 0 Å². The molecule has 0 saturated carbocycles. The second-order valence-electron chi connectivity index (χ2n) is 4.75. The predicted octanol–water partition coefficient (Wildman–Crippen LogP) is 1.73. The number of pyridine rings is 1. The van der Waals surface area contributed by atoms with Crippen LogP contribution in [0.2, 0.25) is 0 Å². The molecule has 1 atom stereocenters. The van der Waals surface area contributed by atoms with Gasteiger partial charge in [0.25, 0.3) is 0 Å². The molecule has 1 unspecified atom stereocenters. The molecular formula is C13H16N6. The molecule has 98 valence electrons. The molecular weight excluding hydrogens is 240 g/mol. The number of fused-ring (bicyclic) bond motifs is 1. The fourth-order valence-electron chi connectivity index (χ4n) is 2.17. The maximum atomic E-state index is 4.23. The topological polar surface area (TPSA) is 60.0 Å². The van der Waals surface area contributed by atoms with E-state index in [1.165, 1.54) is 0 Å². The third-order valence-corrected chi connectivity index (χ3v) is 2.96. The Morgan fingerprint density at radius 2 is 2.26 bits per heavy atom. The van der Waals surface area contributed by atoms with E-state index in [-0.39, 0.29) is 6.04 Å². The summed E-state index contributed by atoms with van der Waals surface area (Å²) < 4.78 is 3.86. The number of aryl methyl sites for hydroxylation is 1. The van der Waals surface area contributed by atoms with Crippen LogP contribution < -0.4 is 5.32 Å². The van der Waals surface area contributed by atoms with Crippen LogP contribution in [0.4, 0.5) is 5.82 Å². The standard InChI is InChI=1S/C13H16N6/c1-10-5-12-15-8-16-19(12)13(6-10)17-11(2)7-18-4-3-14-9-18/h3-6,8-9,11,17H,7H2,1-2H3. The van der Waals surface area contributed by atoms with Gasteiger partial charge in [0.2, 0.25) is 0 Å². The molecule has 3 aromatic rings. The van der Waals surface area contributed by atoms with Crippen LogP contribution in [0, 0.1) is 6.92 Å². The molecule has 0 fully saturated rings. The van der Waals surface area contributed by atoms with E-state index in [4.69, 9.17) is 0 Å². The largest absolute Gasteiger partial charge is 0.366 e. The molecule has 3 rings (SSSR count). The van der Waals surface area contributed by atoms with Gasteiger partial charge in [-0.05, 0) is 31.5 Å². The lowest BCUT2D eigenvalue weighted by atomic mass is 10.2. The Balaban J connectivity index is 1.82. The van der Waals surface area contributed by atoms with Gasteiger partial charge in [-0.15, -0.1) is 0 Å². The molecule has 1 N–H and O–H groups in total. The minimum absolute atomic E-state index is 0.267. The van der Waals surface area contributed by atoms with Crippen LogP contribution in [-0.4, -0.2) is 30.2 Å². The molecule has 0 aliphatic rings. The lowest BCUT2D eigenvalue weighted by Crippen LogP contribution is -2.22. The first-order valence-electron chi connectivity index (χ1n) is 6.25. The van der Waals surface area contributed by atoms with Crippen molar-refractivity contribution in [2.24, 2.45) is 0 Å². The Bertz CT molecular complexity index is 670. The highest BCUT2D eigenvalue weighted by Crippen LogP contribution is 2.14. The number of imidazole rings is 1. The SMILES string of the molecule is Cc1cc(NC(C)Cn2ccnc2)n2ncnc2c1. The zero-order valence-electron chi connectivity index (χ0n) is 11.0. The summed E-state index contributed by atoms with van der Waals surface area (Å²) in [4.78, 5) is 8.27. The summed E-state index contributed by atoms with van der Waals surface area (Å²) in [5, 5.41) is 7.70. The molecule has 6 heteroatoms. The van der Waals surface area contributed by atoms with E-state index in [1.54, 1.807) is 12.5 Å². The van der Waals surface area contributed by atoms with E-state index >= 15 is 0 Å². The first-order chi connectivity index (χ1) is 9.22. The lowest BCUT2D eigenvalue weighted by molar-refractivity contribution is 0.615. The Morgan fingerprint density at radius 3 is 3.05 bits per heavy atom. The summed E-state index contributed by atoms with van der Waals surface area (Å²) in [5.41, 5.74) is 2.02. The van der Waals surface area contributed by atoms with Gasteiger partial charge in [-0.1, -0.05) is 0 Å². The molecule has 0 aliphatic carbocycles. The maximum Gasteiger partial charge on any atom is 0.157 e. The van der Waals surface area contributed by atoms with Gasteiger partial charge in [0, 0.05) is 25.0 Å². The Hall–Kier alpha value is -2.37. The second kappa shape index (κ2) is 4.72. The molecule has 0 radical (unpaired) electrons. The van der Waals surface area contributed by atoms with Crippen molar-refractivity contribution in [3.8, 4) is 0 Å². The van der Waals surface area contributed by atoms with Crippen molar-refractivity contribution < 1.29 is 0 Å². The van der Waals surface area contributed by atoms with Crippen molar-refractivity contribution in [1.29, 1.82) is 0 Å². The summed E-state index contributed by atoms with van der Waals surface area (Å²) in [7, 11) is 0. The van der Waals surface area contributed by atoms with Gasteiger partial charge < -0.3 is 9.88 Å². The fraction of sp³-hybridized carbons (Fsp3) is 0.308. The second-order valence-corrected chi connectivity index (χ2v) is 4.75. The van der Waals surface area contributed by atoms with Crippen LogP contribution in [0.3, 0.4) is 0 Å². The third-order valence-electron chi connectivity index (χ3n) is 2.96. The fourth-order valence-corrected chi connectivity index (χ4v) is 2.17. The zero-order chi connectivity index (χ0) is 13.2. The molecule has 19 heavy (non-hydrogen) atoms. The first-order valence-corrected chi connectivity index (χ1v) is 6.25. The number of anilines is 1. The Labute approximate surface area is 111 Å². The smallest absolute Gasteiger partial charge is 0.157 e. The summed E-state index contributed by atoms with van der Waals surface area (Å²) in [6.45, 7) is 5.04. The highest BCUT2D eigenvalue weighted by Gasteiger charge is 2.08. The lowest BCUT2D eigenvalue weighted by Gasteiger charge is -2.16. The average molecular weight is 256 g/mol. The van der Waals surface area contributed by atoms with Crippen LogP contribution >= 0.6 is 0 Å². The molecule has 0 spiro atoms. The Kier molecular flexibility index (Phi) is 2.91. The highest BCUT2D eigenvalue weighted by molar-refractivity contribution is 5.51. The minimum Gasteiger partial charge on any atom is -0.366 e. The van der Waals surface area contributed by atoms with E-state index in [0.717, 1.165) is 23.6 Å². The molecule has 0 bridgehead atoms. The number of nitrogens with zero attached hydrogens (tertiary/aromatic N) is 5. The Morgan fingerprint density at radius 1 is 1.37 bits per heavy atom. The van der Waals surface area contributed by atoms with Gasteiger partial charge in [-0.3, -0.25) is 0 Å². The normalized spacial score (nSPS) is 12.7. The van der Waals surface area contributed by atoms with Crippen LogP contribution in [-0.2, 0) is 6.54 Å². The van der Waals surface area contributed by atoms with Gasteiger partial charge in [0.05, 0.1) is 6.33 Å². The van der Waals surface area contributed by atoms with Crippen molar-refractivity contribution in [3.05, 3.63) is 42.7 Å². The molecule has 0 saturated heterocycles. The molecule has 0 aromatic carbocycles. The van der Waals surface area contributed by atoms with Crippen molar-refractivity contribution in [2.75, 3.05) is 5.32 Å². The quantitative estimate of drug-likeness (QED) is 0.772. The van der Waals surface area contributed by atoms with Crippen LogP contribution in [0.25, 0.3) is 5.65 Å². The van der Waals surface area contributed by atoms with Crippen molar-refractivity contribution in [1.82, 2.24) is 24.1 Å². The van der Waals surface area contributed by atoms with E-state index in [2.05, 4.69) is 40.3 Å². The van der Waals surface area contributed by atoms with E-state index in [1.807, 2.05) is 27.7 Å². The predicted molar refractivity (Wildman–Crippen MR) is 73.0 cm³/mol.